The standard InChI is InChI=1S/C21H33N3O5.HI/c1-5-22-21(24-9-8-17(14-24)15-29-11-10-26-2)23-13-16-6-7-19(27-3)18(12-16)20(25)28-4;/h6-7,12,17H,5,8-11,13-15H2,1-4H3,(H,22,23);1H. The Bertz CT molecular complexity index is 687. The zero-order valence-electron chi connectivity index (χ0n) is 18.3. The first kappa shape index (κ1) is 26.4. The molecule has 0 amide bonds. The topological polar surface area (TPSA) is 81.6 Å². The van der Waals surface area contributed by atoms with Crippen molar-refractivity contribution < 1.29 is 23.7 Å². The van der Waals surface area contributed by atoms with Gasteiger partial charge in [0.25, 0.3) is 0 Å². The molecule has 1 saturated heterocycles. The first-order valence-electron chi connectivity index (χ1n) is 9.98. The summed E-state index contributed by atoms with van der Waals surface area (Å²) >= 11 is 0. The third-order valence-electron chi connectivity index (χ3n) is 4.79. The minimum absolute atomic E-state index is 0. The van der Waals surface area contributed by atoms with Crippen molar-refractivity contribution in [1.29, 1.82) is 0 Å². The number of guanidine groups is 1. The Morgan fingerprint density at radius 3 is 2.73 bits per heavy atom. The number of nitrogens with zero attached hydrogens (tertiary/aromatic N) is 2. The van der Waals surface area contributed by atoms with E-state index in [0.29, 0.717) is 37.0 Å². The van der Waals surface area contributed by atoms with Crippen LogP contribution in [0.3, 0.4) is 0 Å². The van der Waals surface area contributed by atoms with E-state index in [1.807, 2.05) is 6.07 Å². The van der Waals surface area contributed by atoms with Gasteiger partial charge in [0.05, 0.1) is 40.6 Å². The van der Waals surface area contributed by atoms with Crippen LogP contribution in [0.25, 0.3) is 0 Å². The van der Waals surface area contributed by atoms with Crippen molar-refractivity contribution in [2.75, 3.05) is 60.8 Å². The monoisotopic (exact) mass is 535 g/mol. The summed E-state index contributed by atoms with van der Waals surface area (Å²) in [7, 11) is 4.57. The number of esters is 1. The highest BCUT2D eigenvalue weighted by molar-refractivity contribution is 14.0. The lowest BCUT2D eigenvalue weighted by Gasteiger charge is -2.22. The highest BCUT2D eigenvalue weighted by Gasteiger charge is 2.25. The number of hydrogen-bond acceptors (Lipinski definition) is 6. The van der Waals surface area contributed by atoms with E-state index in [-0.39, 0.29) is 24.0 Å². The molecule has 1 aliphatic rings. The van der Waals surface area contributed by atoms with E-state index in [0.717, 1.165) is 44.2 Å². The fourth-order valence-electron chi connectivity index (χ4n) is 3.27. The second-order valence-corrected chi connectivity index (χ2v) is 6.86. The van der Waals surface area contributed by atoms with E-state index >= 15 is 0 Å². The highest BCUT2D eigenvalue weighted by Crippen LogP contribution is 2.22. The summed E-state index contributed by atoms with van der Waals surface area (Å²) in [5, 5.41) is 3.36. The molecule has 0 radical (unpaired) electrons. The van der Waals surface area contributed by atoms with Crippen LogP contribution in [0.1, 0.15) is 29.3 Å². The van der Waals surface area contributed by atoms with Gasteiger partial charge in [-0.1, -0.05) is 6.07 Å². The van der Waals surface area contributed by atoms with E-state index in [1.54, 1.807) is 19.2 Å². The number of rotatable bonds is 10. The Labute approximate surface area is 196 Å². The molecule has 1 fully saturated rings. The van der Waals surface area contributed by atoms with Crippen molar-refractivity contribution in [3.8, 4) is 5.75 Å². The molecule has 2 rings (SSSR count). The number of ether oxygens (including phenoxy) is 4. The summed E-state index contributed by atoms with van der Waals surface area (Å²) in [4.78, 5) is 19.0. The molecule has 1 atom stereocenters. The number of aliphatic imine (C=N–C) groups is 1. The maximum Gasteiger partial charge on any atom is 0.341 e. The molecule has 170 valence electrons. The Kier molecular flexibility index (Phi) is 12.7. The molecule has 1 N–H and O–H groups in total. The summed E-state index contributed by atoms with van der Waals surface area (Å²) in [6.07, 6.45) is 1.08. The van der Waals surface area contributed by atoms with Gasteiger partial charge in [-0.2, -0.15) is 0 Å². The second kappa shape index (κ2) is 14.4. The molecule has 1 heterocycles. The molecule has 8 nitrogen and oxygen atoms in total. The summed E-state index contributed by atoms with van der Waals surface area (Å²) in [6, 6.07) is 5.45. The van der Waals surface area contributed by atoms with E-state index in [4.69, 9.17) is 23.9 Å². The summed E-state index contributed by atoms with van der Waals surface area (Å²) in [6.45, 7) is 7.15. The van der Waals surface area contributed by atoms with Gasteiger partial charge in [-0.15, -0.1) is 24.0 Å². The first-order valence-corrected chi connectivity index (χ1v) is 9.98. The van der Waals surface area contributed by atoms with Crippen LogP contribution < -0.4 is 10.1 Å². The molecule has 1 unspecified atom stereocenters. The first-order chi connectivity index (χ1) is 14.1. The van der Waals surface area contributed by atoms with E-state index in [1.165, 1.54) is 14.2 Å². The fourth-order valence-corrected chi connectivity index (χ4v) is 3.27. The second-order valence-electron chi connectivity index (χ2n) is 6.86. The van der Waals surface area contributed by atoms with Crippen molar-refractivity contribution in [3.05, 3.63) is 29.3 Å². The molecular formula is C21H34IN3O5. The van der Waals surface area contributed by atoms with Gasteiger partial charge in [-0.05, 0) is 31.0 Å². The molecule has 1 aromatic carbocycles. The van der Waals surface area contributed by atoms with Gasteiger partial charge in [0.1, 0.15) is 11.3 Å². The molecule has 0 aromatic heterocycles. The average Bonchev–Trinajstić information content (AvgIpc) is 3.22. The van der Waals surface area contributed by atoms with Crippen LogP contribution in [0, 0.1) is 5.92 Å². The normalized spacial score (nSPS) is 16.2. The molecule has 0 saturated carbocycles. The number of carbonyl (C=O) groups is 1. The average molecular weight is 535 g/mol. The smallest absolute Gasteiger partial charge is 0.341 e. The van der Waals surface area contributed by atoms with Crippen LogP contribution in [-0.2, 0) is 20.8 Å². The number of methoxy groups -OCH3 is 3. The van der Waals surface area contributed by atoms with Gasteiger partial charge in [0.2, 0.25) is 0 Å². The van der Waals surface area contributed by atoms with Crippen molar-refractivity contribution in [2.24, 2.45) is 10.9 Å². The zero-order valence-corrected chi connectivity index (χ0v) is 20.6. The highest BCUT2D eigenvalue weighted by atomic mass is 127. The number of benzene rings is 1. The van der Waals surface area contributed by atoms with Gasteiger partial charge in [0.15, 0.2) is 5.96 Å². The summed E-state index contributed by atoms with van der Waals surface area (Å²) < 4.78 is 20.8. The molecule has 1 aliphatic heterocycles. The van der Waals surface area contributed by atoms with Crippen LogP contribution in [0.15, 0.2) is 23.2 Å². The van der Waals surface area contributed by atoms with Crippen molar-refractivity contribution in [2.45, 2.75) is 19.9 Å². The van der Waals surface area contributed by atoms with Crippen molar-refractivity contribution in [3.63, 3.8) is 0 Å². The fraction of sp³-hybridized carbons (Fsp3) is 0.619. The summed E-state index contributed by atoms with van der Waals surface area (Å²) in [5.74, 6) is 1.44. The Hall–Kier alpha value is -1.59. The molecule has 9 heteroatoms. The lowest BCUT2D eigenvalue weighted by atomic mass is 10.1. The quantitative estimate of drug-likeness (QED) is 0.162. The predicted octanol–water partition coefficient (Wildman–Crippen LogP) is 2.55. The van der Waals surface area contributed by atoms with Crippen LogP contribution >= 0.6 is 24.0 Å². The molecule has 30 heavy (non-hydrogen) atoms. The van der Waals surface area contributed by atoms with E-state index < -0.39 is 5.97 Å². The lowest BCUT2D eigenvalue weighted by molar-refractivity contribution is 0.0536. The predicted molar refractivity (Wildman–Crippen MR) is 127 cm³/mol. The Balaban J connectivity index is 0.00000450. The minimum atomic E-state index is -0.421. The number of carbonyl (C=O) groups excluding carboxylic acids is 1. The SMILES string of the molecule is CCNC(=NCc1ccc(OC)c(C(=O)OC)c1)N1CCC(COCCOC)C1.I. The Morgan fingerprint density at radius 1 is 1.27 bits per heavy atom. The van der Waals surface area contributed by atoms with Crippen LogP contribution in [0.5, 0.6) is 5.75 Å². The van der Waals surface area contributed by atoms with Crippen molar-refractivity contribution in [1.82, 2.24) is 10.2 Å². The third kappa shape index (κ3) is 7.92. The maximum atomic E-state index is 12.0. The third-order valence-corrected chi connectivity index (χ3v) is 4.79. The molecule has 1 aromatic rings. The van der Waals surface area contributed by atoms with Gasteiger partial charge in [0, 0.05) is 32.7 Å². The van der Waals surface area contributed by atoms with Crippen LogP contribution in [0.2, 0.25) is 0 Å². The zero-order chi connectivity index (χ0) is 21.1. The molecule has 0 aliphatic carbocycles. The largest absolute Gasteiger partial charge is 0.496 e. The van der Waals surface area contributed by atoms with Crippen LogP contribution in [0.4, 0.5) is 0 Å². The number of nitrogens with one attached hydrogen (secondary N) is 1. The minimum Gasteiger partial charge on any atom is -0.496 e. The van der Waals surface area contributed by atoms with Gasteiger partial charge in [-0.3, -0.25) is 0 Å². The molecule has 0 bridgehead atoms. The number of halogens is 1. The van der Waals surface area contributed by atoms with Gasteiger partial charge < -0.3 is 29.2 Å². The van der Waals surface area contributed by atoms with Gasteiger partial charge in [-0.25, -0.2) is 9.79 Å². The molecule has 0 spiro atoms. The summed E-state index contributed by atoms with van der Waals surface area (Å²) in [5.41, 5.74) is 1.32. The van der Waals surface area contributed by atoms with Crippen LogP contribution in [-0.4, -0.2) is 77.6 Å². The van der Waals surface area contributed by atoms with Crippen molar-refractivity contribution >= 4 is 35.9 Å². The van der Waals surface area contributed by atoms with Gasteiger partial charge >= 0.3 is 5.97 Å². The lowest BCUT2D eigenvalue weighted by Crippen LogP contribution is -2.40. The Morgan fingerprint density at radius 2 is 2.07 bits per heavy atom. The van der Waals surface area contributed by atoms with E-state index in [9.17, 15) is 4.79 Å². The maximum absolute atomic E-state index is 12.0. The number of hydrogen-bond donors (Lipinski definition) is 1. The molecular weight excluding hydrogens is 501 g/mol. The number of likely N-dealkylation sites (tertiary alicyclic amines) is 1. The van der Waals surface area contributed by atoms with E-state index in [2.05, 4.69) is 17.1 Å².